The molecule has 8 nitrogen and oxygen atoms in total. The summed E-state index contributed by atoms with van der Waals surface area (Å²) in [7, 11) is 0. The standard InChI is InChI=1S/C29H34FN3O5/c1-19(27(34)38-29(2,3)4)36-15-13-25(33-28(35)37-18-20-8-6-5-7-9-20)26-16-21(12-14-32-26)23-17-22(30)10-11-24(23)31/h5-12,14,16-17,19,25H,13,15,18,31H2,1-4H3,(H,33,35)/t19?,25-/m0/s1. The predicted octanol–water partition coefficient (Wildman–Crippen LogP) is 5.57. The second kappa shape index (κ2) is 13.0. The summed E-state index contributed by atoms with van der Waals surface area (Å²) in [5.41, 5.74) is 8.33. The van der Waals surface area contributed by atoms with Crippen LogP contribution in [0.1, 0.15) is 51.4 Å². The van der Waals surface area contributed by atoms with Crippen LogP contribution in [0.15, 0.2) is 66.9 Å². The summed E-state index contributed by atoms with van der Waals surface area (Å²) in [6.07, 6.45) is 0.397. The Morgan fingerprint density at radius 2 is 1.82 bits per heavy atom. The molecule has 3 N–H and O–H groups in total. The molecule has 3 aromatic rings. The van der Waals surface area contributed by atoms with Crippen LogP contribution in [-0.4, -0.2) is 35.4 Å². The molecule has 0 bridgehead atoms. The molecular formula is C29H34FN3O5. The van der Waals surface area contributed by atoms with Crippen LogP contribution >= 0.6 is 0 Å². The maximum absolute atomic E-state index is 13.9. The van der Waals surface area contributed by atoms with E-state index in [0.717, 1.165) is 5.56 Å². The predicted molar refractivity (Wildman–Crippen MR) is 142 cm³/mol. The lowest BCUT2D eigenvalue weighted by Gasteiger charge is -2.23. The van der Waals surface area contributed by atoms with Crippen LogP contribution in [-0.2, 0) is 25.6 Å². The van der Waals surface area contributed by atoms with Gasteiger partial charge in [-0.15, -0.1) is 0 Å². The molecule has 1 amide bonds. The first kappa shape index (κ1) is 28.6. The average molecular weight is 524 g/mol. The van der Waals surface area contributed by atoms with E-state index in [1.165, 1.54) is 18.2 Å². The molecule has 3 rings (SSSR count). The van der Waals surface area contributed by atoms with Crippen molar-refractivity contribution in [2.75, 3.05) is 12.3 Å². The molecule has 2 aromatic carbocycles. The summed E-state index contributed by atoms with van der Waals surface area (Å²) in [6, 6.07) is 16.2. The van der Waals surface area contributed by atoms with Gasteiger partial charge in [-0.25, -0.2) is 14.0 Å². The van der Waals surface area contributed by atoms with Gasteiger partial charge in [0.15, 0.2) is 6.10 Å². The smallest absolute Gasteiger partial charge is 0.408 e. The van der Waals surface area contributed by atoms with E-state index in [-0.39, 0.29) is 19.6 Å². The van der Waals surface area contributed by atoms with Gasteiger partial charge in [0, 0.05) is 17.4 Å². The van der Waals surface area contributed by atoms with Crippen molar-refractivity contribution in [1.29, 1.82) is 0 Å². The number of amides is 1. The monoisotopic (exact) mass is 523 g/mol. The van der Waals surface area contributed by atoms with Crippen molar-refractivity contribution in [2.45, 2.75) is 58.5 Å². The molecule has 1 heterocycles. The van der Waals surface area contributed by atoms with Crippen LogP contribution in [0.4, 0.5) is 14.9 Å². The number of alkyl carbamates (subject to hydrolysis) is 1. The quantitative estimate of drug-likeness (QED) is 0.264. The number of esters is 1. The van der Waals surface area contributed by atoms with Gasteiger partial charge >= 0.3 is 12.1 Å². The molecule has 9 heteroatoms. The number of carbonyl (C=O) groups is 2. The van der Waals surface area contributed by atoms with E-state index >= 15 is 0 Å². The maximum atomic E-state index is 13.9. The second-order valence-electron chi connectivity index (χ2n) is 9.79. The van der Waals surface area contributed by atoms with E-state index in [4.69, 9.17) is 19.9 Å². The van der Waals surface area contributed by atoms with E-state index in [0.29, 0.717) is 22.5 Å². The zero-order valence-electron chi connectivity index (χ0n) is 22.1. The third-order valence-corrected chi connectivity index (χ3v) is 5.48. The van der Waals surface area contributed by atoms with Crippen LogP contribution in [0.3, 0.4) is 0 Å². The van der Waals surface area contributed by atoms with Gasteiger partial charge in [0.1, 0.15) is 18.0 Å². The molecule has 1 aromatic heterocycles. The summed E-state index contributed by atoms with van der Waals surface area (Å²) >= 11 is 0. The highest BCUT2D eigenvalue weighted by molar-refractivity contribution is 5.76. The fourth-order valence-corrected chi connectivity index (χ4v) is 3.60. The van der Waals surface area contributed by atoms with Crippen LogP contribution in [0, 0.1) is 5.82 Å². The van der Waals surface area contributed by atoms with E-state index < -0.39 is 35.6 Å². The van der Waals surface area contributed by atoms with Crippen LogP contribution in [0.2, 0.25) is 0 Å². The summed E-state index contributed by atoms with van der Waals surface area (Å²) in [4.78, 5) is 29.4. The van der Waals surface area contributed by atoms with Gasteiger partial charge in [0.05, 0.1) is 18.3 Å². The molecule has 2 atom stereocenters. The minimum atomic E-state index is -0.800. The number of rotatable bonds is 10. The molecule has 1 unspecified atom stereocenters. The zero-order chi connectivity index (χ0) is 27.7. The number of nitrogens with zero attached hydrogens (tertiary/aromatic N) is 1. The number of ether oxygens (including phenoxy) is 3. The third kappa shape index (κ3) is 8.85. The summed E-state index contributed by atoms with van der Waals surface area (Å²) < 4.78 is 30.3. The van der Waals surface area contributed by atoms with Crippen molar-refractivity contribution in [2.24, 2.45) is 0 Å². The minimum absolute atomic E-state index is 0.0961. The fourth-order valence-electron chi connectivity index (χ4n) is 3.60. The van der Waals surface area contributed by atoms with Gasteiger partial charge < -0.3 is 25.3 Å². The topological polar surface area (TPSA) is 113 Å². The Kier molecular flexibility index (Phi) is 9.78. The lowest BCUT2D eigenvalue weighted by atomic mass is 10.0. The number of aromatic nitrogens is 1. The Bertz CT molecular complexity index is 1230. The number of carbonyl (C=O) groups excluding carboxylic acids is 2. The Morgan fingerprint density at radius 3 is 2.53 bits per heavy atom. The number of benzene rings is 2. The fraction of sp³-hybridized carbons (Fsp3) is 0.345. The van der Waals surface area contributed by atoms with Crippen molar-refractivity contribution in [3.63, 3.8) is 0 Å². The zero-order valence-corrected chi connectivity index (χ0v) is 22.1. The number of nitrogen functional groups attached to an aromatic ring is 1. The van der Waals surface area contributed by atoms with Crippen molar-refractivity contribution in [1.82, 2.24) is 10.3 Å². The third-order valence-electron chi connectivity index (χ3n) is 5.48. The maximum Gasteiger partial charge on any atom is 0.408 e. The molecule has 0 radical (unpaired) electrons. The normalized spacial score (nSPS) is 12.9. The highest BCUT2D eigenvalue weighted by Gasteiger charge is 2.24. The molecule has 0 aliphatic heterocycles. The van der Waals surface area contributed by atoms with Crippen molar-refractivity contribution < 1.29 is 28.2 Å². The van der Waals surface area contributed by atoms with Crippen LogP contribution in [0.25, 0.3) is 11.1 Å². The van der Waals surface area contributed by atoms with Crippen molar-refractivity contribution in [3.8, 4) is 11.1 Å². The van der Waals surface area contributed by atoms with E-state index in [9.17, 15) is 14.0 Å². The van der Waals surface area contributed by atoms with E-state index in [1.807, 2.05) is 30.3 Å². The van der Waals surface area contributed by atoms with Crippen molar-refractivity contribution in [3.05, 3.63) is 83.9 Å². The first-order chi connectivity index (χ1) is 18.0. The Balaban J connectivity index is 1.75. The molecular weight excluding hydrogens is 489 g/mol. The lowest BCUT2D eigenvalue weighted by Crippen LogP contribution is -2.33. The average Bonchev–Trinajstić information content (AvgIpc) is 2.88. The highest BCUT2D eigenvalue weighted by Crippen LogP contribution is 2.29. The summed E-state index contributed by atoms with van der Waals surface area (Å²) in [5.74, 6) is -0.901. The number of nitrogens with two attached hydrogens (primary N) is 1. The Hall–Kier alpha value is -3.98. The van der Waals surface area contributed by atoms with Gasteiger partial charge in [-0.3, -0.25) is 4.98 Å². The number of hydrogen-bond acceptors (Lipinski definition) is 7. The van der Waals surface area contributed by atoms with Crippen molar-refractivity contribution >= 4 is 17.7 Å². The number of pyridine rings is 1. The minimum Gasteiger partial charge on any atom is -0.458 e. The molecule has 0 aliphatic rings. The number of halogens is 1. The van der Waals surface area contributed by atoms with Gasteiger partial charge in [0.25, 0.3) is 0 Å². The highest BCUT2D eigenvalue weighted by atomic mass is 19.1. The number of anilines is 1. The Labute approximate surface area is 222 Å². The van der Waals surface area contributed by atoms with E-state index in [1.54, 1.807) is 46.0 Å². The lowest BCUT2D eigenvalue weighted by molar-refractivity contribution is -0.167. The van der Waals surface area contributed by atoms with Gasteiger partial charge in [0.2, 0.25) is 0 Å². The number of hydrogen-bond donors (Lipinski definition) is 2. The van der Waals surface area contributed by atoms with Gasteiger partial charge in [-0.1, -0.05) is 30.3 Å². The first-order valence-electron chi connectivity index (χ1n) is 12.3. The largest absolute Gasteiger partial charge is 0.458 e. The molecule has 0 aliphatic carbocycles. The molecule has 202 valence electrons. The second-order valence-corrected chi connectivity index (χ2v) is 9.79. The number of nitrogens with one attached hydrogen (secondary N) is 1. The first-order valence-corrected chi connectivity index (χ1v) is 12.3. The molecule has 0 spiro atoms. The SMILES string of the molecule is CC(OCC[C@H](NC(=O)OCc1ccccc1)c1cc(-c2cc(F)ccc2N)ccn1)C(=O)OC(C)(C)C. The molecule has 0 fully saturated rings. The summed E-state index contributed by atoms with van der Waals surface area (Å²) in [6.45, 7) is 7.17. The van der Waals surface area contributed by atoms with Gasteiger partial charge in [-0.05, 0) is 75.6 Å². The van der Waals surface area contributed by atoms with Crippen LogP contribution in [0.5, 0.6) is 0 Å². The van der Waals surface area contributed by atoms with Gasteiger partial charge in [-0.2, -0.15) is 0 Å². The molecule has 0 saturated carbocycles. The molecule has 38 heavy (non-hydrogen) atoms. The summed E-state index contributed by atoms with van der Waals surface area (Å²) in [5, 5.41) is 2.82. The van der Waals surface area contributed by atoms with Crippen LogP contribution < -0.4 is 11.1 Å². The molecule has 0 saturated heterocycles. The van der Waals surface area contributed by atoms with E-state index in [2.05, 4.69) is 10.3 Å². The Morgan fingerprint density at radius 1 is 1.08 bits per heavy atom.